The van der Waals surface area contributed by atoms with Crippen LogP contribution in [0.4, 0.5) is 40.3 Å². The third-order valence-corrected chi connectivity index (χ3v) is 9.62. The number of nitrogens with zero attached hydrogens (tertiary/aromatic N) is 4. The largest absolute Gasteiger partial charge is 0.367 e. The second-order valence-corrected chi connectivity index (χ2v) is 12.4. The third kappa shape index (κ3) is 6.19. The van der Waals surface area contributed by atoms with Crippen LogP contribution in [0.3, 0.4) is 0 Å². The van der Waals surface area contributed by atoms with E-state index >= 15 is 17.6 Å². The Morgan fingerprint density at radius 2 is 1.13 bits per heavy atom. The maximum absolute atomic E-state index is 16.0. The van der Waals surface area contributed by atoms with Crippen molar-refractivity contribution in [2.75, 3.05) is 22.9 Å². The fourth-order valence-electron chi connectivity index (χ4n) is 6.84. The molecule has 0 unspecified atom stereocenters. The Bertz CT molecular complexity index is 1780. The monoisotopic (exact) mass is 688 g/mol. The Morgan fingerprint density at radius 3 is 1.57 bits per heavy atom. The quantitative estimate of drug-likeness (QED) is 0.109. The summed E-state index contributed by atoms with van der Waals surface area (Å²) in [6.07, 6.45) is 1.44. The average molecular weight is 689 g/mol. The smallest absolute Gasteiger partial charge is 0.288 e. The highest BCUT2D eigenvalue weighted by molar-refractivity contribution is 6.33. The molecule has 0 aromatic heterocycles. The highest BCUT2D eigenvalue weighted by Gasteiger charge is 2.41. The molecule has 0 amide bonds. The average Bonchev–Trinajstić information content (AvgIpc) is 3.46. The molecule has 2 fully saturated rings. The minimum absolute atomic E-state index is 0.0498. The Kier molecular flexibility index (Phi) is 8.99. The molecule has 2 aliphatic heterocycles. The van der Waals surface area contributed by atoms with E-state index in [1.807, 2.05) is 30.3 Å². The molecule has 2 saturated heterocycles. The number of rotatable bonds is 7. The second kappa shape index (κ2) is 13.0. The number of hydrogen-bond donors (Lipinski definition) is 0. The van der Waals surface area contributed by atoms with Gasteiger partial charge in [-0.25, -0.2) is 17.6 Å². The van der Waals surface area contributed by atoms with Crippen LogP contribution in [0.2, 0.25) is 10.0 Å². The molecule has 0 aliphatic carbocycles. The number of hydrogen-bond acceptors (Lipinski definition) is 6. The molecule has 14 heteroatoms. The zero-order chi connectivity index (χ0) is 33.6. The summed E-state index contributed by atoms with van der Waals surface area (Å²) in [4.78, 5) is 24.7. The van der Waals surface area contributed by atoms with E-state index < -0.39 is 66.6 Å². The van der Waals surface area contributed by atoms with Gasteiger partial charge in [0.15, 0.2) is 11.6 Å². The van der Waals surface area contributed by atoms with Crippen LogP contribution < -0.4 is 9.80 Å². The number of piperidine rings is 1. The van der Waals surface area contributed by atoms with E-state index in [0.29, 0.717) is 25.9 Å². The maximum atomic E-state index is 16.0. The minimum Gasteiger partial charge on any atom is -0.367 e. The zero-order valence-electron chi connectivity index (χ0n) is 24.5. The van der Waals surface area contributed by atoms with Crippen LogP contribution in [-0.4, -0.2) is 22.9 Å². The predicted molar refractivity (Wildman–Crippen MR) is 170 cm³/mol. The molecule has 6 rings (SSSR count). The van der Waals surface area contributed by atoms with Crippen molar-refractivity contribution < 1.29 is 27.4 Å². The van der Waals surface area contributed by atoms with E-state index in [1.165, 1.54) is 4.90 Å². The SMILES string of the molecule is O=[N+]([O-])c1cc([C@H]2CC[C@H](c3cc([N+](=O)[O-])c(Cl)cc3F)N2c2cc(F)c(N3CCC(c4ccccc4)CC3)c(F)c2)c(F)cc1Cl. The van der Waals surface area contributed by atoms with Gasteiger partial charge in [0.05, 0.1) is 21.9 Å². The van der Waals surface area contributed by atoms with Gasteiger partial charge in [0.2, 0.25) is 0 Å². The first kappa shape index (κ1) is 32.5. The summed E-state index contributed by atoms with van der Waals surface area (Å²) in [7, 11) is 0. The summed E-state index contributed by atoms with van der Waals surface area (Å²) in [5, 5.41) is 22.4. The van der Waals surface area contributed by atoms with Crippen LogP contribution >= 0.6 is 23.2 Å². The first-order valence-corrected chi connectivity index (χ1v) is 15.5. The van der Waals surface area contributed by atoms with Crippen molar-refractivity contribution in [2.24, 2.45) is 0 Å². The summed E-state index contributed by atoms with van der Waals surface area (Å²) >= 11 is 11.8. The van der Waals surface area contributed by atoms with E-state index in [-0.39, 0.29) is 41.3 Å². The van der Waals surface area contributed by atoms with E-state index in [1.54, 1.807) is 4.90 Å². The van der Waals surface area contributed by atoms with Crippen LogP contribution in [0.5, 0.6) is 0 Å². The number of halogens is 6. The lowest BCUT2D eigenvalue weighted by atomic mass is 9.89. The third-order valence-electron chi connectivity index (χ3n) is 9.01. The van der Waals surface area contributed by atoms with Gasteiger partial charge in [-0.3, -0.25) is 20.2 Å². The lowest BCUT2D eigenvalue weighted by molar-refractivity contribution is -0.384. The van der Waals surface area contributed by atoms with Crippen molar-refractivity contribution in [1.29, 1.82) is 0 Å². The standard InChI is InChI=1S/C33H26Cl2F4N4O4/c34-23-16-25(36)21(14-31(23)42(44)45)29-6-7-30(22-15-32(43(46)47)24(35)17-26(22)37)41(29)20-12-27(38)33(28(39)13-20)40-10-8-19(9-11-40)18-4-2-1-3-5-18/h1-5,12-17,19,29-30H,6-11H2/t29-,30-/m1/s1. The van der Waals surface area contributed by atoms with Gasteiger partial charge in [-0.2, -0.15) is 0 Å². The summed E-state index contributed by atoms with van der Waals surface area (Å²) in [6.45, 7) is 0.780. The normalized spacial score (nSPS) is 18.5. The highest BCUT2D eigenvalue weighted by atomic mass is 35.5. The van der Waals surface area contributed by atoms with Crippen molar-refractivity contribution >= 4 is 46.0 Å². The maximum Gasteiger partial charge on any atom is 0.288 e. The predicted octanol–water partition coefficient (Wildman–Crippen LogP) is 9.83. The molecule has 2 heterocycles. The van der Waals surface area contributed by atoms with E-state index in [0.717, 1.165) is 42.0 Å². The molecule has 244 valence electrons. The van der Waals surface area contributed by atoms with Crippen molar-refractivity contribution in [3.05, 3.63) is 137 Å². The number of nitro benzene ring substituents is 2. The molecular formula is C33H26Cl2F4N4O4. The van der Waals surface area contributed by atoms with Gasteiger partial charge in [-0.15, -0.1) is 0 Å². The van der Waals surface area contributed by atoms with E-state index in [9.17, 15) is 20.2 Å². The van der Waals surface area contributed by atoms with Crippen molar-refractivity contribution in [3.63, 3.8) is 0 Å². The molecule has 2 atom stereocenters. The number of benzene rings is 4. The molecule has 0 bridgehead atoms. The zero-order valence-corrected chi connectivity index (χ0v) is 26.0. The Labute approximate surface area is 276 Å². The number of nitro groups is 2. The van der Waals surface area contributed by atoms with Crippen LogP contribution in [-0.2, 0) is 0 Å². The summed E-state index contributed by atoms with van der Waals surface area (Å²) in [6, 6.07) is 13.2. The highest BCUT2D eigenvalue weighted by Crippen LogP contribution is 2.50. The molecule has 2 aliphatic rings. The van der Waals surface area contributed by atoms with Crippen molar-refractivity contribution in [3.8, 4) is 0 Å². The second-order valence-electron chi connectivity index (χ2n) is 11.6. The molecule has 0 saturated carbocycles. The molecule has 8 nitrogen and oxygen atoms in total. The van der Waals surface area contributed by atoms with Gasteiger partial charge in [0.1, 0.15) is 27.4 Å². The van der Waals surface area contributed by atoms with Gasteiger partial charge in [0, 0.05) is 42.0 Å². The van der Waals surface area contributed by atoms with E-state index in [4.69, 9.17) is 23.2 Å². The van der Waals surface area contributed by atoms with Gasteiger partial charge in [0.25, 0.3) is 11.4 Å². The van der Waals surface area contributed by atoms with Crippen molar-refractivity contribution in [1.82, 2.24) is 0 Å². The minimum atomic E-state index is -1.09. The van der Waals surface area contributed by atoms with Gasteiger partial charge < -0.3 is 9.80 Å². The van der Waals surface area contributed by atoms with Crippen molar-refractivity contribution in [2.45, 2.75) is 43.7 Å². The fourth-order valence-corrected chi connectivity index (χ4v) is 7.28. The summed E-state index contributed by atoms with van der Waals surface area (Å²) < 4.78 is 62.8. The van der Waals surface area contributed by atoms with Crippen LogP contribution in [0.15, 0.2) is 66.7 Å². The first-order chi connectivity index (χ1) is 22.4. The molecular weight excluding hydrogens is 663 g/mol. The topological polar surface area (TPSA) is 92.8 Å². The lowest BCUT2D eigenvalue weighted by Gasteiger charge is -2.36. The Morgan fingerprint density at radius 1 is 0.660 bits per heavy atom. The molecule has 4 aromatic rings. The van der Waals surface area contributed by atoms with Gasteiger partial charge in [-0.05, 0) is 61.4 Å². The first-order valence-electron chi connectivity index (χ1n) is 14.8. The van der Waals surface area contributed by atoms with Gasteiger partial charge in [-0.1, -0.05) is 53.5 Å². The molecule has 47 heavy (non-hydrogen) atoms. The fraction of sp³-hybridized carbons (Fsp3) is 0.273. The molecule has 0 spiro atoms. The van der Waals surface area contributed by atoms with Crippen LogP contribution in [0.25, 0.3) is 0 Å². The van der Waals surface area contributed by atoms with Crippen LogP contribution in [0, 0.1) is 43.5 Å². The number of anilines is 2. The molecule has 4 aromatic carbocycles. The lowest BCUT2D eigenvalue weighted by Crippen LogP contribution is -2.34. The Balaban J connectivity index is 1.41. The molecule has 0 radical (unpaired) electrons. The summed E-state index contributed by atoms with van der Waals surface area (Å²) in [5.41, 5.74) is -0.795. The van der Waals surface area contributed by atoms with Crippen LogP contribution in [0.1, 0.15) is 60.4 Å². The summed E-state index contributed by atoms with van der Waals surface area (Å²) in [5.74, 6) is -3.42. The Hall–Kier alpha value is -4.42. The van der Waals surface area contributed by atoms with E-state index in [2.05, 4.69) is 0 Å². The molecule has 0 N–H and O–H groups in total. The van der Waals surface area contributed by atoms with Gasteiger partial charge >= 0.3 is 0 Å².